The van der Waals surface area contributed by atoms with E-state index >= 15 is 0 Å². The number of hydrogen-bond acceptors (Lipinski definition) is 17. The maximum Gasteiger partial charge on any atom is 0.323 e. The number of urea groups is 1. The number of aromatic hydroxyl groups is 2. The molecule has 0 saturated heterocycles. The van der Waals surface area contributed by atoms with Crippen molar-refractivity contribution in [2.75, 3.05) is 24.9 Å². The molecule has 0 spiro atoms. The van der Waals surface area contributed by atoms with Gasteiger partial charge in [-0.05, 0) is 96.4 Å². The van der Waals surface area contributed by atoms with Crippen molar-refractivity contribution in [1.82, 2.24) is 0 Å². The lowest BCUT2D eigenvalue weighted by Crippen LogP contribution is -2.19. The standard InChI is InChI=1S/C37H32N6O17S4/c1-17-9-25(27(59-3)15-29(17)61(47,48)49)40-42-33-31(63(53,54)55)13-19-11-21(5-7-23(19)35(33)44)38-37(46)39-22-6-8-24-20(12-22)14-32(64(56,57)58)34(36(24)45)43-41-26-10-18(2)30(62(50,51)52)16-28(26)60-4/h5-16,44-45H,1-4H3,(H2,38,39,46)(H,47,48,49)(H,50,51,52)(H,53,54,55)(H,56,57,58). The van der Waals surface area contributed by atoms with Crippen molar-refractivity contribution in [3.8, 4) is 23.0 Å². The first kappa shape index (κ1) is 46.6. The van der Waals surface area contributed by atoms with Gasteiger partial charge in [-0.15, -0.1) is 20.5 Å². The number of benzene rings is 6. The van der Waals surface area contributed by atoms with Crippen LogP contribution in [0.2, 0.25) is 0 Å². The average molecular weight is 961 g/mol. The van der Waals surface area contributed by atoms with E-state index in [2.05, 4.69) is 31.1 Å². The highest BCUT2D eigenvalue weighted by atomic mass is 32.2. The van der Waals surface area contributed by atoms with Gasteiger partial charge in [0.15, 0.2) is 11.5 Å². The Morgan fingerprint density at radius 1 is 0.500 bits per heavy atom. The summed E-state index contributed by atoms with van der Waals surface area (Å²) in [6.07, 6.45) is 0. The van der Waals surface area contributed by atoms with E-state index in [4.69, 9.17) is 9.47 Å². The van der Waals surface area contributed by atoms with Crippen LogP contribution in [0.4, 0.5) is 38.9 Å². The second-order valence-corrected chi connectivity index (χ2v) is 19.0. The predicted molar refractivity (Wildman–Crippen MR) is 227 cm³/mol. The van der Waals surface area contributed by atoms with Crippen LogP contribution in [0.5, 0.6) is 23.0 Å². The lowest BCUT2D eigenvalue weighted by molar-refractivity contribution is 0.262. The first-order chi connectivity index (χ1) is 29.7. The Bertz CT molecular complexity index is 3260. The lowest BCUT2D eigenvalue weighted by Gasteiger charge is -2.13. The summed E-state index contributed by atoms with van der Waals surface area (Å²) in [7, 11) is -17.2. The quantitative estimate of drug-likeness (QED) is 0.0434. The minimum atomic E-state index is -5.11. The molecule has 0 aromatic heterocycles. The SMILES string of the molecule is COc1cc(S(=O)(=O)O)c(C)cc1N=Nc1c(S(=O)(=O)O)cc2cc(NC(=O)Nc3ccc4c(O)c(N=Nc5cc(C)c(S(=O)(=O)O)cc5OC)c(S(=O)(=O)O)cc4c3)ccc2c1O. The number of anilines is 2. The number of fused-ring (bicyclic) bond motifs is 2. The molecule has 8 N–H and O–H groups in total. The van der Waals surface area contributed by atoms with Crippen LogP contribution in [0, 0.1) is 13.8 Å². The number of methoxy groups -OCH3 is 2. The molecule has 0 aliphatic rings. The number of carbonyl (C=O) groups is 1. The van der Waals surface area contributed by atoms with E-state index in [1.54, 1.807) is 0 Å². The maximum atomic E-state index is 13.1. The topological polar surface area (TPSA) is 367 Å². The Morgan fingerprint density at radius 2 is 0.844 bits per heavy atom. The van der Waals surface area contributed by atoms with Crippen molar-refractivity contribution in [1.29, 1.82) is 0 Å². The third kappa shape index (κ3) is 9.70. The van der Waals surface area contributed by atoms with Crippen molar-refractivity contribution in [3.05, 3.63) is 83.9 Å². The van der Waals surface area contributed by atoms with Gasteiger partial charge in [0.25, 0.3) is 40.5 Å². The third-order valence-corrected chi connectivity index (χ3v) is 12.9. The molecule has 0 saturated carbocycles. The molecule has 0 atom stereocenters. The molecule has 0 bridgehead atoms. The zero-order valence-corrected chi connectivity index (χ0v) is 36.3. The molecule has 64 heavy (non-hydrogen) atoms. The van der Waals surface area contributed by atoms with E-state index < -0.39 is 89.0 Å². The number of nitrogens with zero attached hydrogens (tertiary/aromatic N) is 4. The van der Waals surface area contributed by atoms with E-state index in [0.717, 1.165) is 50.6 Å². The molecule has 0 heterocycles. The highest BCUT2D eigenvalue weighted by Gasteiger charge is 2.25. The molecule has 0 radical (unpaired) electrons. The molecule has 23 nitrogen and oxygen atoms in total. The van der Waals surface area contributed by atoms with Crippen molar-refractivity contribution < 1.29 is 76.4 Å². The number of aryl methyl sites for hydroxylation is 2. The lowest BCUT2D eigenvalue weighted by atomic mass is 10.1. The van der Waals surface area contributed by atoms with Gasteiger partial charge in [-0.25, -0.2) is 4.79 Å². The van der Waals surface area contributed by atoms with Crippen LogP contribution in [0.25, 0.3) is 21.5 Å². The van der Waals surface area contributed by atoms with E-state index in [0.29, 0.717) is 0 Å². The van der Waals surface area contributed by atoms with Crippen LogP contribution >= 0.6 is 0 Å². The molecule has 0 aliphatic heterocycles. The van der Waals surface area contributed by atoms with Crippen molar-refractivity contribution in [2.24, 2.45) is 20.5 Å². The van der Waals surface area contributed by atoms with Gasteiger partial charge in [0.2, 0.25) is 0 Å². The molecular formula is C37H32N6O17S4. The summed E-state index contributed by atoms with van der Waals surface area (Å²) >= 11 is 0. The second kappa shape index (κ2) is 17.0. The van der Waals surface area contributed by atoms with E-state index in [9.17, 15) is 66.9 Å². The summed E-state index contributed by atoms with van der Waals surface area (Å²) in [4.78, 5) is 10.3. The fraction of sp³-hybridized carbons (Fsp3) is 0.108. The summed E-state index contributed by atoms with van der Waals surface area (Å²) < 4.78 is 146. The summed E-state index contributed by atoms with van der Waals surface area (Å²) in [5.74, 6) is -1.95. The van der Waals surface area contributed by atoms with E-state index in [1.807, 2.05) is 0 Å². The zero-order chi connectivity index (χ0) is 47.3. The molecule has 2 amide bonds. The van der Waals surface area contributed by atoms with Crippen LogP contribution in [0.15, 0.2) is 113 Å². The number of rotatable bonds is 12. The predicted octanol–water partition coefficient (Wildman–Crippen LogP) is 7.50. The van der Waals surface area contributed by atoms with Gasteiger partial charge in [-0.3, -0.25) is 18.2 Å². The minimum absolute atomic E-state index is 0.0185. The Morgan fingerprint density at radius 3 is 1.16 bits per heavy atom. The monoisotopic (exact) mass is 960 g/mol. The zero-order valence-electron chi connectivity index (χ0n) is 33.0. The van der Waals surface area contributed by atoms with Crippen LogP contribution in [0.1, 0.15) is 11.1 Å². The van der Waals surface area contributed by atoms with E-state index in [1.165, 1.54) is 50.2 Å². The van der Waals surface area contributed by atoms with Crippen LogP contribution in [-0.2, 0) is 40.5 Å². The maximum absolute atomic E-state index is 13.1. The van der Waals surface area contributed by atoms with Crippen molar-refractivity contribution >= 4 is 102 Å². The molecule has 0 fully saturated rings. The summed E-state index contributed by atoms with van der Waals surface area (Å²) in [6.45, 7) is 2.66. The van der Waals surface area contributed by atoms with E-state index in [-0.39, 0.29) is 66.9 Å². The smallest absolute Gasteiger partial charge is 0.323 e. The van der Waals surface area contributed by atoms with Gasteiger partial charge in [0, 0.05) is 34.3 Å². The molecule has 336 valence electrons. The Labute approximate surface area is 362 Å². The molecule has 6 rings (SSSR count). The molecule has 0 unspecified atom stereocenters. The highest BCUT2D eigenvalue weighted by molar-refractivity contribution is 7.86. The number of carbonyl (C=O) groups excluding carboxylic acids is 1. The summed E-state index contributed by atoms with van der Waals surface area (Å²) in [5, 5.41) is 42.5. The molecule has 27 heteroatoms. The normalized spacial score (nSPS) is 12.6. The van der Waals surface area contributed by atoms with Crippen molar-refractivity contribution in [2.45, 2.75) is 33.4 Å². The largest absolute Gasteiger partial charge is 0.505 e. The summed E-state index contributed by atoms with van der Waals surface area (Å²) in [6, 6.07) is 12.8. The Balaban J connectivity index is 1.29. The van der Waals surface area contributed by atoms with Crippen LogP contribution < -0.4 is 20.1 Å². The fourth-order valence-electron chi connectivity index (χ4n) is 6.29. The number of azo groups is 2. The summed E-state index contributed by atoms with van der Waals surface area (Å²) in [5.41, 5.74) is -1.63. The fourth-order valence-corrected chi connectivity index (χ4v) is 9.05. The van der Waals surface area contributed by atoms with Gasteiger partial charge in [-0.2, -0.15) is 33.7 Å². The number of ether oxygens (including phenoxy) is 2. The average Bonchev–Trinajstić information content (AvgIpc) is 3.18. The molecule has 6 aromatic rings. The number of nitrogens with one attached hydrogen (secondary N) is 2. The van der Waals surface area contributed by atoms with Gasteiger partial charge >= 0.3 is 6.03 Å². The number of phenolic OH excluding ortho intramolecular Hbond substituents is 2. The Kier molecular flexibility index (Phi) is 12.4. The molecule has 0 aliphatic carbocycles. The third-order valence-electron chi connectivity index (χ3n) is 9.20. The first-order valence-electron chi connectivity index (χ1n) is 17.5. The van der Waals surface area contributed by atoms with Gasteiger partial charge < -0.3 is 30.3 Å². The highest BCUT2D eigenvalue weighted by Crippen LogP contribution is 2.45. The number of amides is 2. The van der Waals surface area contributed by atoms with Crippen LogP contribution in [-0.4, -0.2) is 82.3 Å². The minimum Gasteiger partial charge on any atom is -0.505 e. The van der Waals surface area contributed by atoms with Gasteiger partial charge in [0.05, 0.1) is 14.2 Å². The van der Waals surface area contributed by atoms with Gasteiger partial charge in [0.1, 0.15) is 53.8 Å². The van der Waals surface area contributed by atoms with Gasteiger partial charge in [-0.1, -0.05) is 0 Å². The molecule has 6 aromatic carbocycles. The second-order valence-electron chi connectivity index (χ2n) is 13.5. The Hall–Kier alpha value is -6.85. The molecular weight excluding hydrogens is 929 g/mol. The van der Waals surface area contributed by atoms with Crippen LogP contribution in [0.3, 0.4) is 0 Å². The number of phenols is 2. The van der Waals surface area contributed by atoms with Crippen molar-refractivity contribution in [3.63, 3.8) is 0 Å². The number of hydrogen-bond donors (Lipinski definition) is 8. The first-order valence-corrected chi connectivity index (χ1v) is 23.3.